The zero-order valence-corrected chi connectivity index (χ0v) is 28.4. The van der Waals surface area contributed by atoms with E-state index in [1.807, 2.05) is 0 Å². The van der Waals surface area contributed by atoms with Crippen molar-refractivity contribution in [1.82, 2.24) is 19.6 Å². The van der Waals surface area contributed by atoms with Crippen LogP contribution in [-0.4, -0.2) is 107 Å². The molecule has 2 bridgehead atoms. The van der Waals surface area contributed by atoms with Crippen LogP contribution in [-0.2, 0) is 33.5 Å². The maximum absolute atomic E-state index is 13.1. The molecule has 2 fully saturated rings. The van der Waals surface area contributed by atoms with Gasteiger partial charge in [-0.3, -0.25) is 33.7 Å². The normalized spacial score (nSPS) is 20.5. The number of terminal acetylenes is 3. The standard InChI is InChI=1S/C37H48N4O7/c1-7-19-38(29(42)13-11-10-12-22-41-35(46)33-27-14-15-28(26-27)34(33)36(41)47)23-16-30(43)39(20-8-2)24-17-31(44)40(21-9-3)25-18-32(45)48-37(4,5)6/h1-3,14-15,27-28,33-34H,10-13,16-26H2,4-6H3/t27-,28+,33+,34-. The van der Waals surface area contributed by atoms with Crippen molar-refractivity contribution in [2.24, 2.45) is 23.7 Å². The van der Waals surface area contributed by atoms with Crippen LogP contribution in [0.3, 0.4) is 0 Å². The number of imide groups is 1. The Morgan fingerprint density at radius 1 is 0.729 bits per heavy atom. The first-order valence-corrected chi connectivity index (χ1v) is 16.7. The van der Waals surface area contributed by atoms with Gasteiger partial charge < -0.3 is 19.4 Å². The molecular formula is C37H48N4O7. The van der Waals surface area contributed by atoms with E-state index in [1.54, 1.807) is 20.8 Å². The monoisotopic (exact) mass is 660 g/mol. The molecule has 0 aromatic rings. The molecule has 4 atom stereocenters. The third kappa shape index (κ3) is 10.2. The Labute approximate surface area is 284 Å². The van der Waals surface area contributed by atoms with Gasteiger partial charge in [0.25, 0.3) is 0 Å². The van der Waals surface area contributed by atoms with Gasteiger partial charge in [0.15, 0.2) is 0 Å². The summed E-state index contributed by atoms with van der Waals surface area (Å²) in [4.78, 5) is 82.4. The number of hydrogen-bond acceptors (Lipinski definition) is 7. The van der Waals surface area contributed by atoms with Gasteiger partial charge in [0.1, 0.15) is 5.60 Å². The minimum absolute atomic E-state index is 0.00185. The summed E-state index contributed by atoms with van der Waals surface area (Å²) in [7, 11) is 0. The van der Waals surface area contributed by atoms with Crippen LogP contribution < -0.4 is 0 Å². The lowest BCUT2D eigenvalue weighted by Crippen LogP contribution is -2.40. The highest BCUT2D eigenvalue weighted by molar-refractivity contribution is 6.06. The molecule has 0 unspecified atom stereocenters. The lowest BCUT2D eigenvalue weighted by Gasteiger charge is -2.26. The Bertz CT molecular complexity index is 1360. The first-order valence-electron chi connectivity index (χ1n) is 16.7. The molecule has 258 valence electrons. The fourth-order valence-corrected chi connectivity index (χ4v) is 6.67. The smallest absolute Gasteiger partial charge is 0.308 e. The molecule has 11 nitrogen and oxygen atoms in total. The summed E-state index contributed by atoms with van der Waals surface area (Å²) in [5.74, 6) is 5.84. The number of esters is 1. The molecule has 48 heavy (non-hydrogen) atoms. The van der Waals surface area contributed by atoms with Crippen LogP contribution in [0.2, 0.25) is 0 Å². The summed E-state index contributed by atoms with van der Waals surface area (Å²) in [6.07, 6.45) is 23.4. The van der Waals surface area contributed by atoms with E-state index in [2.05, 4.69) is 29.9 Å². The fraction of sp³-hybridized carbons (Fsp3) is 0.622. The Morgan fingerprint density at radius 3 is 1.60 bits per heavy atom. The number of rotatable bonds is 18. The zero-order chi connectivity index (χ0) is 35.4. The number of carbonyl (C=O) groups excluding carboxylic acids is 6. The van der Waals surface area contributed by atoms with E-state index >= 15 is 0 Å². The molecule has 0 spiro atoms. The van der Waals surface area contributed by atoms with E-state index in [-0.39, 0.29) is 118 Å². The van der Waals surface area contributed by atoms with Gasteiger partial charge in [-0.2, -0.15) is 0 Å². The van der Waals surface area contributed by atoms with Gasteiger partial charge in [-0.25, -0.2) is 0 Å². The maximum Gasteiger partial charge on any atom is 0.308 e. The van der Waals surface area contributed by atoms with E-state index in [0.717, 1.165) is 6.42 Å². The van der Waals surface area contributed by atoms with Crippen LogP contribution in [0.4, 0.5) is 0 Å². The van der Waals surface area contributed by atoms with E-state index in [1.165, 1.54) is 19.6 Å². The Kier molecular flexibility index (Phi) is 13.9. The lowest BCUT2D eigenvalue weighted by atomic mass is 9.85. The van der Waals surface area contributed by atoms with E-state index < -0.39 is 11.6 Å². The number of carbonyl (C=O) groups is 6. The molecule has 11 heteroatoms. The number of amides is 5. The number of likely N-dealkylation sites (tertiary alicyclic amines) is 1. The first kappa shape index (κ1) is 37.9. The van der Waals surface area contributed by atoms with Crippen LogP contribution in [0.25, 0.3) is 0 Å². The number of hydrogen-bond donors (Lipinski definition) is 0. The highest BCUT2D eigenvalue weighted by Crippen LogP contribution is 2.52. The van der Waals surface area contributed by atoms with Crippen LogP contribution in [0, 0.1) is 60.7 Å². The fourth-order valence-electron chi connectivity index (χ4n) is 6.67. The van der Waals surface area contributed by atoms with Crippen molar-refractivity contribution in [3.05, 3.63) is 12.2 Å². The average Bonchev–Trinajstić information content (AvgIpc) is 3.71. The molecule has 1 saturated heterocycles. The summed E-state index contributed by atoms with van der Waals surface area (Å²) in [5.41, 5.74) is -0.648. The molecule has 0 aromatic carbocycles. The summed E-state index contributed by atoms with van der Waals surface area (Å²) in [6, 6.07) is 0. The van der Waals surface area contributed by atoms with Crippen molar-refractivity contribution in [3.8, 4) is 37.0 Å². The van der Waals surface area contributed by atoms with E-state index in [9.17, 15) is 28.8 Å². The van der Waals surface area contributed by atoms with Gasteiger partial charge in [0.2, 0.25) is 29.5 Å². The maximum atomic E-state index is 13.1. The minimum Gasteiger partial charge on any atom is -0.460 e. The van der Waals surface area contributed by atoms with Gasteiger partial charge in [-0.15, -0.1) is 19.3 Å². The zero-order valence-electron chi connectivity index (χ0n) is 28.4. The molecule has 5 amide bonds. The molecule has 0 N–H and O–H groups in total. The highest BCUT2D eigenvalue weighted by Gasteiger charge is 2.58. The van der Waals surface area contributed by atoms with Crippen LogP contribution in [0.5, 0.6) is 0 Å². The van der Waals surface area contributed by atoms with Crippen LogP contribution in [0.1, 0.15) is 72.1 Å². The first-order chi connectivity index (χ1) is 22.8. The van der Waals surface area contributed by atoms with Crippen molar-refractivity contribution in [2.75, 3.05) is 45.8 Å². The minimum atomic E-state index is -0.648. The van der Waals surface area contributed by atoms with Gasteiger partial charge in [0, 0.05) is 45.4 Å². The second-order valence-electron chi connectivity index (χ2n) is 13.5. The van der Waals surface area contributed by atoms with Crippen molar-refractivity contribution < 1.29 is 33.5 Å². The molecule has 3 rings (SSSR count). The molecule has 3 aliphatic rings. The lowest BCUT2D eigenvalue weighted by molar-refractivity contribution is -0.155. The molecule has 1 aliphatic heterocycles. The largest absolute Gasteiger partial charge is 0.460 e. The summed E-state index contributed by atoms with van der Waals surface area (Å²) >= 11 is 0. The predicted molar refractivity (Wildman–Crippen MR) is 179 cm³/mol. The van der Waals surface area contributed by atoms with Gasteiger partial charge in [0.05, 0.1) is 37.9 Å². The number of unbranched alkanes of at least 4 members (excludes halogenated alkanes) is 2. The number of ether oxygens (including phenoxy) is 1. The highest BCUT2D eigenvalue weighted by atomic mass is 16.6. The van der Waals surface area contributed by atoms with Crippen LogP contribution in [0.15, 0.2) is 12.2 Å². The Balaban J connectivity index is 1.41. The third-order valence-corrected chi connectivity index (χ3v) is 8.94. The third-order valence-electron chi connectivity index (χ3n) is 8.94. The number of nitrogens with zero attached hydrogens (tertiary/aromatic N) is 4. The predicted octanol–water partition coefficient (Wildman–Crippen LogP) is 2.25. The van der Waals surface area contributed by atoms with Crippen molar-refractivity contribution in [2.45, 2.75) is 77.7 Å². The van der Waals surface area contributed by atoms with Gasteiger partial charge in [-0.05, 0) is 51.9 Å². The second-order valence-corrected chi connectivity index (χ2v) is 13.5. The van der Waals surface area contributed by atoms with Gasteiger partial charge in [-0.1, -0.05) is 36.3 Å². The van der Waals surface area contributed by atoms with Crippen molar-refractivity contribution in [1.29, 1.82) is 0 Å². The van der Waals surface area contributed by atoms with E-state index in [0.29, 0.717) is 25.8 Å². The van der Waals surface area contributed by atoms with Crippen molar-refractivity contribution in [3.63, 3.8) is 0 Å². The Hall–Kier alpha value is -4.56. The topological polar surface area (TPSA) is 125 Å². The summed E-state index contributed by atoms with van der Waals surface area (Å²) in [5, 5.41) is 0. The summed E-state index contributed by atoms with van der Waals surface area (Å²) in [6.45, 7) is 5.85. The molecule has 0 aromatic heterocycles. The molecular weight excluding hydrogens is 612 g/mol. The summed E-state index contributed by atoms with van der Waals surface area (Å²) < 4.78 is 5.30. The molecule has 0 radical (unpaired) electrons. The number of allylic oxidation sites excluding steroid dienone is 2. The van der Waals surface area contributed by atoms with E-state index in [4.69, 9.17) is 24.0 Å². The quantitative estimate of drug-likeness (QED) is 0.0727. The van der Waals surface area contributed by atoms with Crippen LogP contribution >= 0.6 is 0 Å². The van der Waals surface area contributed by atoms with Crippen molar-refractivity contribution >= 4 is 35.5 Å². The second kappa shape index (κ2) is 17.6. The molecule has 1 heterocycles. The number of fused-ring (bicyclic) bond motifs is 5. The Morgan fingerprint density at radius 2 is 1.17 bits per heavy atom. The molecule has 1 saturated carbocycles. The SMILES string of the molecule is C#CCN(CCC(=O)OC(C)(C)C)C(=O)CCN(CC#C)C(=O)CCN(CC#C)C(=O)CCCCCN1C(=O)[C@@H]2[C@H](C1=O)[C@H]1C=C[C@@H]2C1. The average molecular weight is 661 g/mol. The van der Waals surface area contributed by atoms with Gasteiger partial charge >= 0.3 is 5.97 Å². The molecule has 2 aliphatic carbocycles.